The van der Waals surface area contributed by atoms with Crippen LogP contribution in [0, 0.1) is 23.0 Å². The molecule has 0 aliphatic carbocycles. The van der Waals surface area contributed by atoms with Gasteiger partial charge in [-0.25, -0.2) is 23.5 Å². The Hall–Kier alpha value is -4.53. The normalized spacial score (nSPS) is 18.4. The van der Waals surface area contributed by atoms with Crippen LogP contribution in [0.1, 0.15) is 23.2 Å². The summed E-state index contributed by atoms with van der Waals surface area (Å²) in [5.41, 5.74) is 1.91. The van der Waals surface area contributed by atoms with Crippen LogP contribution in [0.2, 0.25) is 0 Å². The van der Waals surface area contributed by atoms with Gasteiger partial charge in [0, 0.05) is 29.6 Å². The maximum atomic E-state index is 15.5. The largest absolute Gasteiger partial charge is 0.477 e. The highest BCUT2D eigenvalue weighted by Gasteiger charge is 2.33. The van der Waals surface area contributed by atoms with E-state index in [0.29, 0.717) is 40.7 Å². The molecule has 0 spiro atoms. The van der Waals surface area contributed by atoms with Gasteiger partial charge in [-0.05, 0) is 42.8 Å². The van der Waals surface area contributed by atoms with Crippen LogP contribution in [0.4, 0.5) is 8.78 Å². The quantitative estimate of drug-likeness (QED) is 0.267. The molecule has 2 aliphatic heterocycles. The van der Waals surface area contributed by atoms with Crippen LogP contribution in [0.15, 0.2) is 71.0 Å². The predicted molar refractivity (Wildman–Crippen MR) is 144 cm³/mol. The van der Waals surface area contributed by atoms with Gasteiger partial charge in [0.25, 0.3) is 0 Å². The van der Waals surface area contributed by atoms with Crippen molar-refractivity contribution in [1.29, 1.82) is 5.26 Å². The predicted octanol–water partition coefficient (Wildman–Crippen LogP) is 5.68. The Balaban J connectivity index is 1.38. The molecule has 2 unspecified atom stereocenters. The van der Waals surface area contributed by atoms with Gasteiger partial charge in [0.2, 0.25) is 0 Å². The van der Waals surface area contributed by atoms with Gasteiger partial charge < -0.3 is 19.1 Å². The Bertz CT molecular complexity index is 1690. The Kier molecular flexibility index (Phi) is 6.79. The van der Waals surface area contributed by atoms with E-state index in [-0.39, 0.29) is 33.8 Å². The molecule has 2 aliphatic rings. The summed E-state index contributed by atoms with van der Waals surface area (Å²) in [6, 6.07) is 13.9. The zero-order valence-electron chi connectivity index (χ0n) is 20.9. The summed E-state index contributed by atoms with van der Waals surface area (Å²) in [6.45, 7) is 1.27. The molecular formula is C29H22F2N4O4S. The first-order valence-corrected chi connectivity index (χ1v) is 13.9. The van der Waals surface area contributed by atoms with Gasteiger partial charge in [-0.1, -0.05) is 12.1 Å². The average Bonchev–Trinajstić information content (AvgIpc) is 3.48. The third-order valence-corrected chi connectivity index (χ3v) is 9.20. The van der Waals surface area contributed by atoms with Crippen LogP contribution < -0.4 is 4.74 Å². The number of halogens is 2. The minimum absolute atomic E-state index is 0.0504. The molecule has 0 radical (unpaired) electrons. The van der Waals surface area contributed by atoms with Crippen molar-refractivity contribution in [2.24, 2.45) is 0 Å². The number of aliphatic carboxylic acids is 1. The third-order valence-electron chi connectivity index (χ3n) is 6.81. The van der Waals surface area contributed by atoms with Gasteiger partial charge in [0.15, 0.2) is 5.75 Å². The van der Waals surface area contributed by atoms with Gasteiger partial charge >= 0.3 is 5.97 Å². The SMILES string of the molecule is N#Cc1ccc(Oc2cc(F)cnc2-c2cccc(F)c2C[SH]2C(C(=O)O)=Cc3c2ncn3CC2CCO2)cc1. The summed E-state index contributed by atoms with van der Waals surface area (Å²) < 4.78 is 43.1. The van der Waals surface area contributed by atoms with Crippen LogP contribution in [-0.4, -0.2) is 38.3 Å². The fraction of sp³-hybridized carbons (Fsp3) is 0.172. The van der Waals surface area contributed by atoms with Gasteiger partial charge in [0.1, 0.15) is 28.1 Å². The van der Waals surface area contributed by atoms with Crippen molar-refractivity contribution in [3.63, 3.8) is 0 Å². The van der Waals surface area contributed by atoms with Crippen molar-refractivity contribution < 1.29 is 28.2 Å². The maximum absolute atomic E-state index is 15.5. The van der Waals surface area contributed by atoms with Crippen LogP contribution in [0.5, 0.6) is 11.5 Å². The minimum atomic E-state index is -1.55. The number of fused-ring (bicyclic) bond motifs is 1. The number of nitriles is 1. The van der Waals surface area contributed by atoms with Crippen molar-refractivity contribution in [2.75, 3.05) is 6.61 Å². The van der Waals surface area contributed by atoms with Gasteiger partial charge in [-0.15, -0.1) is 0 Å². The molecule has 4 heterocycles. The molecule has 1 N–H and O–H groups in total. The second kappa shape index (κ2) is 10.6. The number of benzene rings is 2. The van der Waals surface area contributed by atoms with Gasteiger partial charge in [0.05, 0.1) is 47.4 Å². The van der Waals surface area contributed by atoms with E-state index in [1.807, 2.05) is 10.6 Å². The van der Waals surface area contributed by atoms with Crippen molar-refractivity contribution >= 4 is 22.9 Å². The maximum Gasteiger partial charge on any atom is 0.340 e. The zero-order chi connectivity index (χ0) is 27.8. The molecule has 4 aromatic rings. The van der Waals surface area contributed by atoms with Crippen LogP contribution in [0.3, 0.4) is 0 Å². The monoisotopic (exact) mass is 560 g/mol. The first kappa shape index (κ1) is 25.7. The molecule has 1 fully saturated rings. The van der Waals surface area contributed by atoms with E-state index in [1.54, 1.807) is 42.7 Å². The number of pyridine rings is 1. The Labute approximate surface area is 230 Å². The molecule has 6 rings (SSSR count). The molecule has 11 heteroatoms. The highest BCUT2D eigenvalue weighted by Crippen LogP contribution is 2.54. The van der Waals surface area contributed by atoms with Crippen LogP contribution in [-0.2, 0) is 21.8 Å². The number of carbonyl (C=O) groups is 1. The smallest absolute Gasteiger partial charge is 0.340 e. The number of thiol groups is 1. The molecule has 2 aromatic carbocycles. The molecular weight excluding hydrogens is 538 g/mol. The Morgan fingerprint density at radius 3 is 2.73 bits per heavy atom. The highest BCUT2D eigenvalue weighted by molar-refractivity contribution is 8.20. The lowest BCUT2D eigenvalue weighted by atomic mass is 10.0. The summed E-state index contributed by atoms with van der Waals surface area (Å²) in [5, 5.41) is 19.7. The van der Waals surface area contributed by atoms with Gasteiger partial charge in [-0.2, -0.15) is 16.2 Å². The lowest BCUT2D eigenvalue weighted by Gasteiger charge is -2.26. The van der Waals surface area contributed by atoms with Crippen LogP contribution >= 0.6 is 10.9 Å². The molecule has 8 nitrogen and oxygen atoms in total. The molecule has 2 atom stereocenters. The topological polar surface area (TPSA) is 110 Å². The third kappa shape index (κ3) is 4.83. The number of hydrogen-bond donors (Lipinski definition) is 2. The number of aromatic nitrogens is 3. The van der Waals surface area contributed by atoms with E-state index >= 15 is 4.39 Å². The fourth-order valence-electron chi connectivity index (χ4n) is 4.71. The summed E-state index contributed by atoms with van der Waals surface area (Å²) in [6.07, 6.45) is 5.29. The zero-order valence-corrected chi connectivity index (χ0v) is 21.8. The number of carboxylic acid groups (broad SMARTS) is 1. The molecule has 40 heavy (non-hydrogen) atoms. The average molecular weight is 561 g/mol. The summed E-state index contributed by atoms with van der Waals surface area (Å²) in [7, 11) is -1.55. The number of imidazole rings is 1. The lowest BCUT2D eigenvalue weighted by Crippen LogP contribution is -2.31. The molecule has 202 valence electrons. The second-order valence-corrected chi connectivity index (χ2v) is 11.4. The summed E-state index contributed by atoms with van der Waals surface area (Å²) in [5.74, 6) is -1.83. The van der Waals surface area contributed by atoms with E-state index in [4.69, 9.17) is 14.7 Å². The van der Waals surface area contributed by atoms with E-state index in [0.717, 1.165) is 18.7 Å². The second-order valence-electron chi connectivity index (χ2n) is 9.31. The first-order valence-electron chi connectivity index (χ1n) is 12.4. The van der Waals surface area contributed by atoms with E-state index in [1.165, 1.54) is 12.1 Å². The number of hydrogen-bond acceptors (Lipinski definition) is 6. The number of rotatable bonds is 8. The van der Waals surface area contributed by atoms with E-state index in [2.05, 4.69) is 9.97 Å². The van der Waals surface area contributed by atoms with Crippen molar-refractivity contribution in [2.45, 2.75) is 29.8 Å². The van der Waals surface area contributed by atoms with Crippen molar-refractivity contribution in [1.82, 2.24) is 14.5 Å². The van der Waals surface area contributed by atoms with Gasteiger partial charge in [-0.3, -0.25) is 0 Å². The summed E-state index contributed by atoms with van der Waals surface area (Å²) in [4.78, 5) is 21.2. The van der Waals surface area contributed by atoms with E-state index < -0.39 is 28.5 Å². The Morgan fingerprint density at radius 2 is 2.02 bits per heavy atom. The molecule has 2 aromatic heterocycles. The Morgan fingerprint density at radius 1 is 1.23 bits per heavy atom. The number of ether oxygens (including phenoxy) is 2. The number of carboxylic acids is 1. The lowest BCUT2D eigenvalue weighted by molar-refractivity contribution is -0.131. The van der Waals surface area contributed by atoms with Crippen LogP contribution in [0.25, 0.3) is 17.3 Å². The fourth-order valence-corrected chi connectivity index (χ4v) is 7.07. The standard InChI is InChI=1S/C29H22F2N4O4S/c30-18-10-25(39-19-6-4-17(12-32)5-7-19)27(33-13-18)21-2-1-3-23(31)22(21)15-40-26(29(36)37)11-24-28(40)34-16-35(24)14-20-8-9-38-20/h1-7,10-11,13,16,20,40H,8-9,14-15H2,(H,36,37). The minimum Gasteiger partial charge on any atom is -0.477 e. The first-order chi connectivity index (χ1) is 19.4. The molecule has 0 bridgehead atoms. The van der Waals surface area contributed by atoms with E-state index in [9.17, 15) is 14.3 Å². The highest BCUT2D eigenvalue weighted by atomic mass is 32.2. The molecule has 1 saturated heterocycles. The molecule has 0 amide bonds. The summed E-state index contributed by atoms with van der Waals surface area (Å²) >= 11 is 0. The van der Waals surface area contributed by atoms with Crippen molar-refractivity contribution in [3.8, 4) is 28.8 Å². The molecule has 0 saturated carbocycles. The van der Waals surface area contributed by atoms with Crippen molar-refractivity contribution in [3.05, 3.63) is 94.4 Å². The number of nitrogens with zero attached hydrogens (tertiary/aromatic N) is 4.